The fourth-order valence-corrected chi connectivity index (χ4v) is 2.04. The molecular formula is C12H7ClINO3. The van der Waals surface area contributed by atoms with Crippen LogP contribution in [0.25, 0.3) is 0 Å². The molecule has 0 aliphatic rings. The molecule has 6 heteroatoms. The van der Waals surface area contributed by atoms with E-state index in [-0.39, 0.29) is 10.7 Å². The summed E-state index contributed by atoms with van der Waals surface area (Å²) < 4.78 is 6.55. The molecule has 0 unspecified atom stereocenters. The van der Waals surface area contributed by atoms with Gasteiger partial charge >= 0.3 is 0 Å². The van der Waals surface area contributed by atoms with Crippen LogP contribution in [0.1, 0.15) is 0 Å². The summed E-state index contributed by atoms with van der Waals surface area (Å²) in [4.78, 5) is 10.1. The Balaban J connectivity index is 2.30. The molecule has 0 atom stereocenters. The lowest BCUT2D eigenvalue weighted by Gasteiger charge is -2.08. The second kappa shape index (κ2) is 5.53. The quantitative estimate of drug-likeness (QED) is 0.446. The number of non-ortho nitro benzene ring substituents is 1. The first kappa shape index (κ1) is 13.1. The Bertz CT molecular complexity index is 604. The largest absolute Gasteiger partial charge is 0.455 e. The zero-order valence-corrected chi connectivity index (χ0v) is 11.9. The monoisotopic (exact) mass is 375 g/mol. The lowest BCUT2D eigenvalue weighted by Crippen LogP contribution is -1.91. The Morgan fingerprint density at radius 2 is 1.89 bits per heavy atom. The molecule has 2 aromatic carbocycles. The van der Waals surface area contributed by atoms with Crippen LogP contribution in [0, 0.1) is 13.7 Å². The van der Waals surface area contributed by atoms with Crippen molar-refractivity contribution in [2.24, 2.45) is 0 Å². The second-order valence-electron chi connectivity index (χ2n) is 3.40. The Morgan fingerprint density at radius 3 is 2.50 bits per heavy atom. The van der Waals surface area contributed by atoms with Crippen LogP contribution in [0.15, 0.2) is 42.5 Å². The van der Waals surface area contributed by atoms with Crippen molar-refractivity contribution in [3.63, 3.8) is 0 Å². The first-order chi connectivity index (χ1) is 8.58. The van der Waals surface area contributed by atoms with Crippen molar-refractivity contribution in [2.75, 3.05) is 0 Å². The van der Waals surface area contributed by atoms with Gasteiger partial charge < -0.3 is 4.74 Å². The third-order valence-electron chi connectivity index (χ3n) is 2.18. The Hall–Kier alpha value is -1.34. The number of rotatable bonds is 3. The van der Waals surface area contributed by atoms with Crippen molar-refractivity contribution in [1.82, 2.24) is 0 Å². The van der Waals surface area contributed by atoms with Crippen LogP contribution in [0.2, 0.25) is 5.02 Å². The first-order valence-electron chi connectivity index (χ1n) is 4.94. The molecule has 0 amide bonds. The highest BCUT2D eigenvalue weighted by Gasteiger charge is 2.11. The lowest BCUT2D eigenvalue weighted by molar-refractivity contribution is -0.384. The molecule has 0 bridgehead atoms. The van der Waals surface area contributed by atoms with E-state index in [1.54, 1.807) is 6.07 Å². The molecule has 0 saturated heterocycles. The van der Waals surface area contributed by atoms with Crippen molar-refractivity contribution in [3.8, 4) is 11.5 Å². The minimum absolute atomic E-state index is 0.0601. The van der Waals surface area contributed by atoms with Gasteiger partial charge in [-0.3, -0.25) is 10.1 Å². The summed E-state index contributed by atoms with van der Waals surface area (Å²) in [5, 5.41) is 10.8. The highest BCUT2D eigenvalue weighted by Crippen LogP contribution is 2.33. The zero-order valence-electron chi connectivity index (χ0n) is 8.97. The maximum atomic E-state index is 10.6. The molecule has 4 nitrogen and oxygen atoms in total. The molecule has 2 rings (SSSR count). The molecular weight excluding hydrogens is 368 g/mol. The van der Waals surface area contributed by atoms with E-state index in [9.17, 15) is 10.1 Å². The van der Waals surface area contributed by atoms with Crippen molar-refractivity contribution >= 4 is 39.9 Å². The van der Waals surface area contributed by atoms with E-state index in [1.165, 1.54) is 18.2 Å². The topological polar surface area (TPSA) is 52.4 Å². The summed E-state index contributed by atoms with van der Waals surface area (Å²) in [5.41, 5.74) is -0.0601. The summed E-state index contributed by atoms with van der Waals surface area (Å²) in [7, 11) is 0. The molecule has 0 heterocycles. The van der Waals surface area contributed by atoms with Gasteiger partial charge in [-0.2, -0.15) is 0 Å². The maximum Gasteiger partial charge on any atom is 0.271 e. The van der Waals surface area contributed by atoms with Crippen LogP contribution >= 0.6 is 34.2 Å². The van der Waals surface area contributed by atoms with Crippen LogP contribution in [0.5, 0.6) is 11.5 Å². The van der Waals surface area contributed by atoms with E-state index < -0.39 is 4.92 Å². The third-order valence-corrected chi connectivity index (χ3v) is 3.37. The molecule has 92 valence electrons. The van der Waals surface area contributed by atoms with Gasteiger partial charge in [-0.05, 0) is 40.8 Å². The Morgan fingerprint density at radius 1 is 1.17 bits per heavy atom. The fourth-order valence-electron chi connectivity index (χ4n) is 1.33. The van der Waals surface area contributed by atoms with E-state index in [2.05, 4.69) is 22.6 Å². The molecule has 0 radical (unpaired) electrons. The zero-order chi connectivity index (χ0) is 13.1. The van der Waals surface area contributed by atoms with E-state index in [0.29, 0.717) is 11.5 Å². The van der Waals surface area contributed by atoms with Gasteiger partial charge in [-0.25, -0.2) is 0 Å². The number of hydrogen-bond donors (Lipinski definition) is 0. The van der Waals surface area contributed by atoms with Crippen molar-refractivity contribution < 1.29 is 9.66 Å². The van der Waals surface area contributed by atoms with Gasteiger partial charge in [-0.1, -0.05) is 23.7 Å². The minimum Gasteiger partial charge on any atom is -0.455 e. The Labute approximate surface area is 122 Å². The van der Waals surface area contributed by atoms with Crippen LogP contribution in [-0.2, 0) is 0 Å². The molecule has 0 aliphatic carbocycles. The number of ether oxygens (including phenoxy) is 1. The predicted molar refractivity (Wildman–Crippen MR) is 77.3 cm³/mol. The molecule has 18 heavy (non-hydrogen) atoms. The third kappa shape index (κ3) is 2.91. The van der Waals surface area contributed by atoms with Crippen molar-refractivity contribution in [1.29, 1.82) is 0 Å². The predicted octanol–water partition coefficient (Wildman–Crippen LogP) is 4.65. The molecule has 0 aromatic heterocycles. The average molecular weight is 376 g/mol. The summed E-state index contributed by atoms with van der Waals surface area (Å²) in [5.74, 6) is 1.06. The SMILES string of the molecule is O=[N+]([O-])c1ccc(Oc2ccccc2I)c(Cl)c1. The van der Waals surface area contributed by atoms with Gasteiger partial charge in [0.1, 0.15) is 11.5 Å². The van der Waals surface area contributed by atoms with Gasteiger partial charge in [0.15, 0.2) is 0 Å². The summed E-state index contributed by atoms with van der Waals surface area (Å²) >= 11 is 8.08. The second-order valence-corrected chi connectivity index (χ2v) is 4.97. The number of nitrogens with zero attached hydrogens (tertiary/aromatic N) is 1. The molecule has 0 spiro atoms. The Kier molecular flexibility index (Phi) is 4.03. The average Bonchev–Trinajstić information content (AvgIpc) is 2.34. The van der Waals surface area contributed by atoms with Crippen molar-refractivity contribution in [2.45, 2.75) is 0 Å². The molecule has 0 saturated carbocycles. The van der Waals surface area contributed by atoms with Gasteiger partial charge in [-0.15, -0.1) is 0 Å². The van der Waals surface area contributed by atoms with Crippen LogP contribution in [0.4, 0.5) is 5.69 Å². The van der Waals surface area contributed by atoms with Crippen molar-refractivity contribution in [3.05, 3.63) is 61.2 Å². The number of hydrogen-bond acceptors (Lipinski definition) is 3. The normalized spacial score (nSPS) is 10.1. The minimum atomic E-state index is -0.498. The summed E-state index contributed by atoms with van der Waals surface area (Å²) in [6.07, 6.45) is 0. The number of para-hydroxylation sites is 1. The number of nitro benzene ring substituents is 1. The van der Waals surface area contributed by atoms with Gasteiger partial charge in [0.2, 0.25) is 0 Å². The highest BCUT2D eigenvalue weighted by molar-refractivity contribution is 14.1. The molecule has 2 aromatic rings. The number of benzene rings is 2. The lowest BCUT2D eigenvalue weighted by atomic mass is 10.3. The van der Waals surface area contributed by atoms with Crippen LogP contribution in [0.3, 0.4) is 0 Å². The molecule has 0 fully saturated rings. The first-order valence-corrected chi connectivity index (χ1v) is 6.40. The van der Waals surface area contributed by atoms with Gasteiger partial charge in [0.05, 0.1) is 13.5 Å². The maximum absolute atomic E-state index is 10.6. The van der Waals surface area contributed by atoms with Gasteiger partial charge in [0, 0.05) is 12.1 Å². The smallest absolute Gasteiger partial charge is 0.271 e. The molecule has 0 N–H and O–H groups in total. The van der Waals surface area contributed by atoms with E-state index in [4.69, 9.17) is 16.3 Å². The number of nitro groups is 1. The molecule has 0 aliphatic heterocycles. The summed E-state index contributed by atoms with van der Waals surface area (Å²) in [6, 6.07) is 11.6. The van der Waals surface area contributed by atoms with Crippen LogP contribution < -0.4 is 4.74 Å². The van der Waals surface area contributed by atoms with E-state index in [1.807, 2.05) is 18.2 Å². The van der Waals surface area contributed by atoms with Crippen LogP contribution in [-0.4, -0.2) is 4.92 Å². The standard InChI is InChI=1S/C12H7ClINO3/c13-9-7-8(15(16)17)5-6-11(9)18-12-4-2-1-3-10(12)14/h1-7H. The van der Waals surface area contributed by atoms with E-state index in [0.717, 1.165) is 3.57 Å². The fraction of sp³-hybridized carbons (Fsp3) is 0. The highest BCUT2D eigenvalue weighted by atomic mass is 127. The number of halogens is 2. The summed E-state index contributed by atoms with van der Waals surface area (Å²) in [6.45, 7) is 0. The van der Waals surface area contributed by atoms with E-state index >= 15 is 0 Å². The van der Waals surface area contributed by atoms with Gasteiger partial charge in [0.25, 0.3) is 5.69 Å².